The summed E-state index contributed by atoms with van der Waals surface area (Å²) in [6.07, 6.45) is 2.63. The molecule has 2 heterocycles. The van der Waals surface area contributed by atoms with Crippen molar-refractivity contribution >= 4 is 5.82 Å². The van der Waals surface area contributed by atoms with Crippen molar-refractivity contribution in [3.05, 3.63) is 6.20 Å². The van der Waals surface area contributed by atoms with Crippen molar-refractivity contribution in [3.63, 3.8) is 0 Å². The molecule has 1 fully saturated rings. The van der Waals surface area contributed by atoms with Gasteiger partial charge in [0.2, 0.25) is 0 Å². The SMILES string of the molecule is Nc1cnn(CCCN2CCOCC2)n1. The number of morpholine rings is 1. The minimum absolute atomic E-state index is 0.487. The third-order valence-electron chi connectivity index (χ3n) is 2.49. The first-order valence-corrected chi connectivity index (χ1v) is 5.30. The van der Waals surface area contributed by atoms with Crippen LogP contribution in [0.3, 0.4) is 0 Å². The Balaban J connectivity index is 1.65. The molecule has 2 rings (SSSR count). The van der Waals surface area contributed by atoms with Gasteiger partial charge in [-0.1, -0.05) is 0 Å². The molecule has 1 saturated heterocycles. The van der Waals surface area contributed by atoms with E-state index in [9.17, 15) is 0 Å². The largest absolute Gasteiger partial charge is 0.381 e. The van der Waals surface area contributed by atoms with E-state index >= 15 is 0 Å². The fourth-order valence-electron chi connectivity index (χ4n) is 1.68. The molecule has 0 saturated carbocycles. The smallest absolute Gasteiger partial charge is 0.165 e. The van der Waals surface area contributed by atoms with Crippen molar-refractivity contribution in [1.29, 1.82) is 0 Å². The van der Waals surface area contributed by atoms with Crippen LogP contribution in [0.25, 0.3) is 0 Å². The van der Waals surface area contributed by atoms with E-state index in [4.69, 9.17) is 10.5 Å². The predicted molar refractivity (Wildman–Crippen MR) is 56.3 cm³/mol. The number of aryl methyl sites for hydroxylation is 1. The fourth-order valence-corrected chi connectivity index (χ4v) is 1.68. The molecule has 84 valence electrons. The van der Waals surface area contributed by atoms with Gasteiger partial charge in [-0.15, -0.1) is 5.10 Å². The maximum atomic E-state index is 5.47. The average molecular weight is 211 g/mol. The minimum Gasteiger partial charge on any atom is -0.381 e. The summed E-state index contributed by atoms with van der Waals surface area (Å²) in [5.74, 6) is 0.487. The molecule has 1 aliphatic heterocycles. The molecular weight excluding hydrogens is 194 g/mol. The van der Waals surface area contributed by atoms with Gasteiger partial charge in [-0.25, -0.2) is 0 Å². The van der Waals surface area contributed by atoms with E-state index in [0.29, 0.717) is 5.82 Å². The second-order valence-corrected chi connectivity index (χ2v) is 3.67. The molecule has 0 radical (unpaired) electrons. The quantitative estimate of drug-likeness (QED) is 0.732. The number of anilines is 1. The molecule has 0 aromatic carbocycles. The molecule has 0 bridgehead atoms. The van der Waals surface area contributed by atoms with Crippen molar-refractivity contribution in [3.8, 4) is 0 Å². The Labute approximate surface area is 89.0 Å². The third kappa shape index (κ3) is 3.17. The van der Waals surface area contributed by atoms with Crippen LogP contribution in [0.1, 0.15) is 6.42 Å². The molecule has 15 heavy (non-hydrogen) atoms. The number of rotatable bonds is 4. The number of ether oxygens (including phenoxy) is 1. The van der Waals surface area contributed by atoms with Gasteiger partial charge in [-0.2, -0.15) is 9.90 Å². The van der Waals surface area contributed by atoms with Crippen LogP contribution in [0, 0.1) is 0 Å². The summed E-state index contributed by atoms with van der Waals surface area (Å²) in [6, 6.07) is 0. The molecule has 0 spiro atoms. The number of nitrogens with zero attached hydrogens (tertiary/aromatic N) is 4. The Morgan fingerprint density at radius 1 is 1.33 bits per heavy atom. The summed E-state index contributed by atoms with van der Waals surface area (Å²) in [5, 5.41) is 8.07. The zero-order chi connectivity index (χ0) is 10.5. The van der Waals surface area contributed by atoms with Crippen LogP contribution in [0.5, 0.6) is 0 Å². The van der Waals surface area contributed by atoms with Gasteiger partial charge in [0.25, 0.3) is 0 Å². The van der Waals surface area contributed by atoms with Gasteiger partial charge < -0.3 is 10.5 Å². The summed E-state index contributed by atoms with van der Waals surface area (Å²) in [7, 11) is 0. The summed E-state index contributed by atoms with van der Waals surface area (Å²) in [4.78, 5) is 4.05. The minimum atomic E-state index is 0.487. The molecule has 6 nitrogen and oxygen atoms in total. The molecule has 0 unspecified atom stereocenters. The van der Waals surface area contributed by atoms with E-state index in [2.05, 4.69) is 15.1 Å². The first-order chi connectivity index (χ1) is 7.34. The van der Waals surface area contributed by atoms with E-state index in [1.54, 1.807) is 11.0 Å². The lowest BCUT2D eigenvalue weighted by atomic mass is 10.3. The average Bonchev–Trinajstić information content (AvgIpc) is 2.66. The highest BCUT2D eigenvalue weighted by molar-refractivity contribution is 5.19. The van der Waals surface area contributed by atoms with Gasteiger partial charge in [0, 0.05) is 19.6 Å². The summed E-state index contributed by atoms with van der Waals surface area (Å²) < 4.78 is 5.28. The first kappa shape index (κ1) is 10.4. The Kier molecular flexibility index (Phi) is 3.52. The predicted octanol–water partition coefficient (Wildman–Crippen LogP) is -0.417. The highest BCUT2D eigenvalue weighted by atomic mass is 16.5. The van der Waals surface area contributed by atoms with Crippen LogP contribution < -0.4 is 5.73 Å². The lowest BCUT2D eigenvalue weighted by molar-refractivity contribution is 0.0367. The zero-order valence-electron chi connectivity index (χ0n) is 8.80. The van der Waals surface area contributed by atoms with Crippen LogP contribution in [0.2, 0.25) is 0 Å². The lowest BCUT2D eigenvalue weighted by Crippen LogP contribution is -2.37. The Bertz CT molecular complexity index is 294. The second kappa shape index (κ2) is 5.09. The Morgan fingerprint density at radius 3 is 2.80 bits per heavy atom. The normalized spacial score (nSPS) is 18.1. The third-order valence-corrected chi connectivity index (χ3v) is 2.49. The number of nitrogens with two attached hydrogens (primary N) is 1. The van der Waals surface area contributed by atoms with Crippen molar-refractivity contribution in [1.82, 2.24) is 19.9 Å². The molecule has 0 aliphatic carbocycles. The van der Waals surface area contributed by atoms with Crippen LogP contribution in [0.15, 0.2) is 6.20 Å². The van der Waals surface area contributed by atoms with Crippen LogP contribution in [-0.2, 0) is 11.3 Å². The van der Waals surface area contributed by atoms with E-state index in [-0.39, 0.29) is 0 Å². The number of hydrogen-bond acceptors (Lipinski definition) is 5. The monoisotopic (exact) mass is 211 g/mol. The summed E-state index contributed by atoms with van der Waals surface area (Å²) >= 11 is 0. The maximum absolute atomic E-state index is 5.47. The Morgan fingerprint density at radius 2 is 2.13 bits per heavy atom. The summed E-state index contributed by atoms with van der Waals surface area (Å²) in [6.45, 7) is 5.68. The molecule has 1 aliphatic rings. The van der Waals surface area contributed by atoms with Crippen molar-refractivity contribution < 1.29 is 4.74 Å². The number of nitrogen functional groups attached to an aromatic ring is 1. The van der Waals surface area contributed by atoms with Crippen LogP contribution in [0.4, 0.5) is 5.82 Å². The first-order valence-electron chi connectivity index (χ1n) is 5.30. The zero-order valence-corrected chi connectivity index (χ0v) is 8.80. The van der Waals surface area contributed by atoms with E-state index < -0.39 is 0 Å². The number of aromatic nitrogens is 3. The molecular formula is C9H17N5O. The second-order valence-electron chi connectivity index (χ2n) is 3.67. The van der Waals surface area contributed by atoms with Crippen molar-refractivity contribution in [2.75, 3.05) is 38.6 Å². The molecule has 1 aromatic rings. The van der Waals surface area contributed by atoms with Crippen molar-refractivity contribution in [2.45, 2.75) is 13.0 Å². The van der Waals surface area contributed by atoms with Gasteiger partial charge >= 0.3 is 0 Å². The standard InChI is InChI=1S/C9H17N5O/c10-9-8-11-14(12-9)3-1-2-13-4-6-15-7-5-13/h8H,1-7H2,(H2,10,12). The highest BCUT2D eigenvalue weighted by Crippen LogP contribution is 1.99. The molecule has 1 aromatic heterocycles. The van der Waals surface area contributed by atoms with Gasteiger partial charge in [-0.3, -0.25) is 4.90 Å². The van der Waals surface area contributed by atoms with Crippen LogP contribution >= 0.6 is 0 Å². The van der Waals surface area contributed by atoms with Crippen LogP contribution in [-0.4, -0.2) is 52.7 Å². The molecule has 0 amide bonds. The topological polar surface area (TPSA) is 69.2 Å². The van der Waals surface area contributed by atoms with E-state index in [1.165, 1.54) is 0 Å². The molecule has 6 heteroatoms. The van der Waals surface area contributed by atoms with Gasteiger partial charge in [0.1, 0.15) is 0 Å². The van der Waals surface area contributed by atoms with E-state index in [1.807, 2.05) is 0 Å². The van der Waals surface area contributed by atoms with Gasteiger partial charge in [-0.05, 0) is 6.42 Å². The summed E-state index contributed by atoms with van der Waals surface area (Å²) in [5.41, 5.74) is 5.47. The molecule has 2 N–H and O–H groups in total. The number of hydrogen-bond donors (Lipinski definition) is 1. The fraction of sp³-hybridized carbons (Fsp3) is 0.778. The van der Waals surface area contributed by atoms with Gasteiger partial charge in [0.05, 0.1) is 26.0 Å². The maximum Gasteiger partial charge on any atom is 0.165 e. The molecule has 0 atom stereocenters. The Hall–Kier alpha value is -1.14. The van der Waals surface area contributed by atoms with Gasteiger partial charge in [0.15, 0.2) is 5.82 Å². The van der Waals surface area contributed by atoms with Crippen molar-refractivity contribution in [2.24, 2.45) is 0 Å². The van der Waals surface area contributed by atoms with E-state index in [0.717, 1.165) is 45.8 Å². The highest BCUT2D eigenvalue weighted by Gasteiger charge is 2.09. The lowest BCUT2D eigenvalue weighted by Gasteiger charge is -2.26.